The molecule has 0 spiro atoms. The maximum atomic E-state index is 9.55. The number of ether oxygens (including phenoxy) is 2. The molecule has 0 aromatic carbocycles. The highest BCUT2D eigenvalue weighted by Crippen LogP contribution is 2.30. The standard InChI is InChI=1S/C12H25NO3/c1-3-15-9-6-13(2)10-12(11-14)4-7-16-8-5-12/h14H,3-11H2,1-2H3. The number of aliphatic hydroxyl groups is 1. The summed E-state index contributed by atoms with van der Waals surface area (Å²) in [6.07, 6.45) is 1.92. The Hall–Kier alpha value is -0.160. The minimum atomic E-state index is 0.0409. The molecule has 1 fully saturated rings. The van der Waals surface area contributed by atoms with Crippen molar-refractivity contribution in [2.24, 2.45) is 5.41 Å². The van der Waals surface area contributed by atoms with Crippen LogP contribution < -0.4 is 0 Å². The minimum absolute atomic E-state index is 0.0409. The Kier molecular flexibility index (Phi) is 6.28. The molecule has 16 heavy (non-hydrogen) atoms. The molecular weight excluding hydrogens is 206 g/mol. The molecule has 0 aromatic rings. The van der Waals surface area contributed by atoms with Gasteiger partial charge in [-0.1, -0.05) is 0 Å². The van der Waals surface area contributed by atoms with E-state index < -0.39 is 0 Å². The van der Waals surface area contributed by atoms with Crippen LogP contribution in [-0.2, 0) is 9.47 Å². The van der Waals surface area contributed by atoms with Crippen molar-refractivity contribution in [3.63, 3.8) is 0 Å². The Balaban J connectivity index is 2.30. The molecule has 0 unspecified atom stereocenters. The molecule has 0 saturated carbocycles. The lowest BCUT2D eigenvalue weighted by Crippen LogP contribution is -2.43. The van der Waals surface area contributed by atoms with E-state index in [4.69, 9.17) is 9.47 Å². The van der Waals surface area contributed by atoms with E-state index in [9.17, 15) is 5.11 Å². The number of rotatable bonds is 7. The van der Waals surface area contributed by atoms with Crippen LogP contribution in [0.15, 0.2) is 0 Å². The average Bonchev–Trinajstić information content (AvgIpc) is 2.30. The molecule has 0 atom stereocenters. The van der Waals surface area contributed by atoms with Crippen molar-refractivity contribution in [1.82, 2.24) is 4.90 Å². The molecule has 1 heterocycles. The van der Waals surface area contributed by atoms with Gasteiger partial charge in [-0.15, -0.1) is 0 Å². The molecule has 4 nitrogen and oxygen atoms in total. The van der Waals surface area contributed by atoms with Crippen LogP contribution in [0, 0.1) is 5.41 Å². The minimum Gasteiger partial charge on any atom is -0.396 e. The zero-order valence-electron chi connectivity index (χ0n) is 10.6. The van der Waals surface area contributed by atoms with Crippen LogP contribution in [0.3, 0.4) is 0 Å². The van der Waals surface area contributed by atoms with Gasteiger partial charge in [0.2, 0.25) is 0 Å². The van der Waals surface area contributed by atoms with Gasteiger partial charge in [-0.25, -0.2) is 0 Å². The van der Waals surface area contributed by atoms with Crippen molar-refractivity contribution >= 4 is 0 Å². The molecule has 0 amide bonds. The molecule has 0 bridgehead atoms. The summed E-state index contributed by atoms with van der Waals surface area (Å²) in [6.45, 7) is 7.22. The number of nitrogens with zero attached hydrogens (tertiary/aromatic N) is 1. The van der Waals surface area contributed by atoms with Gasteiger partial charge in [-0.2, -0.15) is 0 Å². The predicted octanol–water partition coefficient (Wildman–Crippen LogP) is 0.744. The second-order valence-electron chi connectivity index (χ2n) is 4.71. The lowest BCUT2D eigenvalue weighted by atomic mass is 9.80. The Morgan fingerprint density at radius 2 is 2.06 bits per heavy atom. The van der Waals surface area contributed by atoms with Gasteiger partial charge in [0.25, 0.3) is 0 Å². The lowest BCUT2D eigenvalue weighted by molar-refractivity contribution is -0.0334. The van der Waals surface area contributed by atoms with Crippen LogP contribution in [0.1, 0.15) is 19.8 Å². The highest BCUT2D eigenvalue weighted by atomic mass is 16.5. The van der Waals surface area contributed by atoms with Crippen LogP contribution in [-0.4, -0.2) is 63.2 Å². The van der Waals surface area contributed by atoms with E-state index >= 15 is 0 Å². The Morgan fingerprint density at radius 3 is 2.62 bits per heavy atom. The van der Waals surface area contributed by atoms with E-state index in [-0.39, 0.29) is 12.0 Å². The van der Waals surface area contributed by atoms with Crippen LogP contribution >= 0.6 is 0 Å². The zero-order valence-corrected chi connectivity index (χ0v) is 10.6. The van der Waals surface area contributed by atoms with Crippen LogP contribution in [0.5, 0.6) is 0 Å². The first-order valence-corrected chi connectivity index (χ1v) is 6.17. The van der Waals surface area contributed by atoms with Crippen LogP contribution in [0.2, 0.25) is 0 Å². The maximum absolute atomic E-state index is 9.55. The van der Waals surface area contributed by atoms with E-state index in [1.54, 1.807) is 0 Å². The SMILES string of the molecule is CCOCCN(C)CC1(CO)CCOCC1. The van der Waals surface area contributed by atoms with E-state index in [1.807, 2.05) is 6.92 Å². The number of likely N-dealkylation sites (N-methyl/N-ethyl adjacent to an activating group) is 1. The summed E-state index contributed by atoms with van der Waals surface area (Å²) in [5.74, 6) is 0. The van der Waals surface area contributed by atoms with Gasteiger partial charge in [0.05, 0.1) is 13.2 Å². The number of aliphatic hydroxyl groups excluding tert-OH is 1. The summed E-state index contributed by atoms with van der Waals surface area (Å²) in [5, 5.41) is 9.55. The first-order chi connectivity index (χ1) is 7.72. The van der Waals surface area contributed by atoms with Crippen molar-refractivity contribution in [2.45, 2.75) is 19.8 Å². The normalized spacial score (nSPS) is 20.2. The van der Waals surface area contributed by atoms with Crippen molar-refractivity contribution in [3.05, 3.63) is 0 Å². The molecule has 0 aliphatic carbocycles. The third-order valence-electron chi connectivity index (χ3n) is 3.32. The molecule has 1 aliphatic heterocycles. The second kappa shape index (κ2) is 7.22. The Morgan fingerprint density at radius 1 is 1.38 bits per heavy atom. The molecule has 0 radical (unpaired) electrons. The molecule has 1 aliphatic rings. The van der Waals surface area contributed by atoms with E-state index in [1.165, 1.54) is 0 Å². The van der Waals surface area contributed by atoms with Gasteiger partial charge >= 0.3 is 0 Å². The van der Waals surface area contributed by atoms with Crippen molar-refractivity contribution in [1.29, 1.82) is 0 Å². The summed E-state index contributed by atoms with van der Waals surface area (Å²) < 4.78 is 10.7. The van der Waals surface area contributed by atoms with Crippen molar-refractivity contribution in [3.8, 4) is 0 Å². The van der Waals surface area contributed by atoms with Gasteiger partial charge in [-0.05, 0) is 26.8 Å². The highest BCUT2D eigenvalue weighted by molar-refractivity contribution is 4.83. The van der Waals surface area contributed by atoms with Crippen molar-refractivity contribution in [2.75, 3.05) is 53.2 Å². The van der Waals surface area contributed by atoms with Gasteiger partial charge < -0.3 is 19.5 Å². The van der Waals surface area contributed by atoms with Crippen LogP contribution in [0.4, 0.5) is 0 Å². The van der Waals surface area contributed by atoms with E-state index in [2.05, 4.69) is 11.9 Å². The third-order valence-corrected chi connectivity index (χ3v) is 3.32. The molecule has 4 heteroatoms. The fourth-order valence-electron chi connectivity index (χ4n) is 2.19. The molecule has 1 N–H and O–H groups in total. The topological polar surface area (TPSA) is 41.9 Å². The smallest absolute Gasteiger partial charge is 0.0593 e. The zero-order chi connectivity index (χ0) is 11.9. The average molecular weight is 231 g/mol. The fraction of sp³-hybridized carbons (Fsp3) is 1.00. The summed E-state index contributed by atoms with van der Waals surface area (Å²) in [5.41, 5.74) is 0.0409. The molecule has 1 saturated heterocycles. The van der Waals surface area contributed by atoms with E-state index in [0.29, 0.717) is 0 Å². The van der Waals surface area contributed by atoms with E-state index in [0.717, 1.165) is 52.4 Å². The first-order valence-electron chi connectivity index (χ1n) is 6.17. The van der Waals surface area contributed by atoms with Gasteiger partial charge in [0, 0.05) is 38.3 Å². The Bertz CT molecular complexity index is 181. The largest absolute Gasteiger partial charge is 0.396 e. The number of hydrogen-bond donors (Lipinski definition) is 1. The quantitative estimate of drug-likeness (QED) is 0.656. The molecule has 1 rings (SSSR count). The third kappa shape index (κ3) is 4.37. The molecule has 96 valence electrons. The molecule has 0 aromatic heterocycles. The predicted molar refractivity (Wildman–Crippen MR) is 63.6 cm³/mol. The monoisotopic (exact) mass is 231 g/mol. The first kappa shape index (κ1) is 13.9. The summed E-state index contributed by atoms with van der Waals surface area (Å²) in [4.78, 5) is 2.25. The second-order valence-corrected chi connectivity index (χ2v) is 4.71. The van der Waals surface area contributed by atoms with Crippen LogP contribution in [0.25, 0.3) is 0 Å². The van der Waals surface area contributed by atoms with Crippen molar-refractivity contribution < 1.29 is 14.6 Å². The highest BCUT2D eigenvalue weighted by Gasteiger charge is 2.32. The number of hydrogen-bond acceptors (Lipinski definition) is 4. The van der Waals surface area contributed by atoms with Gasteiger partial charge in [0.1, 0.15) is 0 Å². The summed E-state index contributed by atoms with van der Waals surface area (Å²) in [6, 6.07) is 0. The fourth-order valence-corrected chi connectivity index (χ4v) is 2.19. The van der Waals surface area contributed by atoms with Gasteiger partial charge in [0.15, 0.2) is 0 Å². The van der Waals surface area contributed by atoms with Gasteiger partial charge in [-0.3, -0.25) is 0 Å². The summed E-state index contributed by atoms with van der Waals surface area (Å²) in [7, 11) is 2.09. The lowest BCUT2D eigenvalue weighted by Gasteiger charge is -2.38. The molecular formula is C12H25NO3. The Labute approximate surface area is 98.5 Å². The maximum Gasteiger partial charge on any atom is 0.0593 e. The summed E-state index contributed by atoms with van der Waals surface area (Å²) >= 11 is 0.